The Labute approximate surface area is 169 Å². The summed E-state index contributed by atoms with van der Waals surface area (Å²) in [6.45, 7) is 2.71. The number of likely N-dealkylation sites (tertiary alicyclic amines) is 1. The Balaban J connectivity index is 1.26. The van der Waals surface area contributed by atoms with Crippen LogP contribution in [0, 0.1) is 5.92 Å². The highest BCUT2D eigenvalue weighted by Crippen LogP contribution is 2.20. The van der Waals surface area contributed by atoms with E-state index >= 15 is 0 Å². The molecule has 2 N–H and O–H groups in total. The summed E-state index contributed by atoms with van der Waals surface area (Å²) in [6, 6.07) is 16.0. The van der Waals surface area contributed by atoms with Gasteiger partial charge in [-0.3, -0.25) is 9.69 Å². The molecule has 1 saturated heterocycles. The maximum Gasteiger partial charge on any atom is 0.243 e. The van der Waals surface area contributed by atoms with Crippen LogP contribution < -0.4 is 5.43 Å². The third-order valence-corrected chi connectivity index (χ3v) is 5.53. The zero-order chi connectivity index (χ0) is 19.3. The molecule has 0 spiro atoms. The van der Waals surface area contributed by atoms with Crippen molar-refractivity contribution >= 4 is 34.6 Å². The maximum atomic E-state index is 12.4. The molecule has 2 heterocycles. The number of fused-ring (bicyclic) bond motifs is 1. The number of hydrogen-bond acceptors (Lipinski definition) is 3. The first-order chi connectivity index (χ1) is 13.7. The Kier molecular flexibility index (Phi) is 5.74. The number of amides is 1. The lowest BCUT2D eigenvalue weighted by atomic mass is 9.96. The van der Waals surface area contributed by atoms with Gasteiger partial charge >= 0.3 is 0 Å². The number of carbonyl (C=O) groups excluding carboxylic acids is 1. The van der Waals surface area contributed by atoms with Crippen LogP contribution in [0.2, 0.25) is 5.02 Å². The number of para-hydroxylation sites is 1. The van der Waals surface area contributed by atoms with Crippen molar-refractivity contribution in [1.29, 1.82) is 0 Å². The van der Waals surface area contributed by atoms with E-state index in [4.69, 9.17) is 11.6 Å². The molecule has 1 amide bonds. The molecule has 1 aliphatic rings. The number of rotatable bonds is 5. The van der Waals surface area contributed by atoms with Crippen LogP contribution >= 0.6 is 11.6 Å². The lowest BCUT2D eigenvalue weighted by molar-refractivity contribution is -0.126. The Morgan fingerprint density at radius 1 is 1.18 bits per heavy atom. The van der Waals surface area contributed by atoms with E-state index in [1.54, 1.807) is 6.21 Å². The second-order valence-electron chi connectivity index (χ2n) is 7.20. The molecule has 0 radical (unpaired) electrons. The van der Waals surface area contributed by atoms with Gasteiger partial charge in [0, 0.05) is 40.1 Å². The first-order valence-corrected chi connectivity index (χ1v) is 9.93. The molecule has 3 aromatic rings. The average Bonchev–Trinajstić information content (AvgIpc) is 3.13. The van der Waals surface area contributed by atoms with Gasteiger partial charge in [0.05, 0.1) is 6.21 Å². The fourth-order valence-electron chi connectivity index (χ4n) is 3.66. The van der Waals surface area contributed by atoms with Crippen molar-refractivity contribution in [2.75, 3.05) is 13.1 Å². The topological polar surface area (TPSA) is 60.5 Å². The largest absolute Gasteiger partial charge is 0.361 e. The molecule has 1 aromatic heterocycles. The van der Waals surface area contributed by atoms with E-state index in [0.29, 0.717) is 0 Å². The van der Waals surface area contributed by atoms with Gasteiger partial charge in [0.1, 0.15) is 0 Å². The van der Waals surface area contributed by atoms with Gasteiger partial charge in [-0.25, -0.2) is 5.43 Å². The van der Waals surface area contributed by atoms with Gasteiger partial charge in [-0.15, -0.1) is 0 Å². The van der Waals surface area contributed by atoms with Crippen LogP contribution in [0.5, 0.6) is 0 Å². The molecular weight excluding hydrogens is 372 g/mol. The van der Waals surface area contributed by atoms with E-state index < -0.39 is 0 Å². The van der Waals surface area contributed by atoms with Crippen molar-refractivity contribution in [3.05, 3.63) is 70.9 Å². The number of benzene rings is 2. The molecule has 0 unspecified atom stereocenters. The molecule has 2 aromatic carbocycles. The number of piperidine rings is 1. The van der Waals surface area contributed by atoms with Crippen molar-refractivity contribution in [2.45, 2.75) is 19.4 Å². The van der Waals surface area contributed by atoms with Crippen LogP contribution in [0.25, 0.3) is 10.9 Å². The van der Waals surface area contributed by atoms with Crippen molar-refractivity contribution in [3.8, 4) is 0 Å². The SMILES string of the molecule is O=C(NN=Cc1c[nH]c2ccccc12)C1CCN(Cc2ccc(Cl)cc2)CC1. The smallest absolute Gasteiger partial charge is 0.243 e. The molecule has 0 atom stereocenters. The minimum Gasteiger partial charge on any atom is -0.361 e. The number of carbonyl (C=O) groups is 1. The van der Waals surface area contributed by atoms with E-state index in [0.717, 1.165) is 54.0 Å². The van der Waals surface area contributed by atoms with Gasteiger partial charge in [0.2, 0.25) is 5.91 Å². The minimum atomic E-state index is 0.00207. The maximum absolute atomic E-state index is 12.4. The summed E-state index contributed by atoms with van der Waals surface area (Å²) < 4.78 is 0. The normalized spacial score (nSPS) is 16.0. The van der Waals surface area contributed by atoms with Gasteiger partial charge in [-0.2, -0.15) is 5.10 Å². The number of nitrogens with one attached hydrogen (secondary N) is 2. The molecule has 0 aliphatic carbocycles. The van der Waals surface area contributed by atoms with Crippen molar-refractivity contribution < 1.29 is 4.79 Å². The minimum absolute atomic E-state index is 0.00207. The number of aromatic nitrogens is 1. The van der Waals surface area contributed by atoms with E-state index in [1.807, 2.05) is 42.6 Å². The van der Waals surface area contributed by atoms with Crippen LogP contribution in [0.3, 0.4) is 0 Å². The van der Waals surface area contributed by atoms with Gasteiger partial charge in [0.15, 0.2) is 0 Å². The lowest BCUT2D eigenvalue weighted by Gasteiger charge is -2.30. The van der Waals surface area contributed by atoms with Gasteiger partial charge in [-0.1, -0.05) is 41.9 Å². The second-order valence-corrected chi connectivity index (χ2v) is 7.64. The second kappa shape index (κ2) is 8.59. The predicted molar refractivity (Wildman–Crippen MR) is 113 cm³/mol. The van der Waals surface area contributed by atoms with E-state index in [9.17, 15) is 4.79 Å². The zero-order valence-electron chi connectivity index (χ0n) is 15.6. The Hall–Kier alpha value is -2.63. The molecule has 0 saturated carbocycles. The highest BCUT2D eigenvalue weighted by Gasteiger charge is 2.24. The van der Waals surface area contributed by atoms with Crippen LogP contribution in [0.4, 0.5) is 0 Å². The average molecular weight is 395 g/mol. The Bertz CT molecular complexity index is 972. The molecule has 0 bridgehead atoms. The summed E-state index contributed by atoms with van der Waals surface area (Å²) in [5.41, 5.74) is 5.98. The molecule has 1 fully saturated rings. The fraction of sp³-hybridized carbons (Fsp3) is 0.273. The molecular formula is C22H23ClN4O. The zero-order valence-corrected chi connectivity index (χ0v) is 16.3. The highest BCUT2D eigenvalue weighted by molar-refractivity contribution is 6.30. The van der Waals surface area contributed by atoms with Crippen LogP contribution in [0.15, 0.2) is 59.8 Å². The summed E-state index contributed by atoms with van der Waals surface area (Å²) in [4.78, 5) is 18.0. The van der Waals surface area contributed by atoms with Gasteiger partial charge in [0.25, 0.3) is 0 Å². The first kappa shape index (κ1) is 18.7. The van der Waals surface area contributed by atoms with Crippen LogP contribution in [0.1, 0.15) is 24.0 Å². The number of hydrogen-bond donors (Lipinski definition) is 2. The van der Waals surface area contributed by atoms with Gasteiger partial charge < -0.3 is 4.98 Å². The molecule has 28 heavy (non-hydrogen) atoms. The van der Waals surface area contributed by atoms with Crippen LogP contribution in [-0.2, 0) is 11.3 Å². The lowest BCUT2D eigenvalue weighted by Crippen LogP contribution is -2.39. The van der Waals surface area contributed by atoms with E-state index in [-0.39, 0.29) is 11.8 Å². The standard InChI is InChI=1S/C22H23ClN4O/c23-19-7-5-16(6-8-19)15-27-11-9-17(10-12-27)22(28)26-25-14-18-13-24-21-4-2-1-3-20(18)21/h1-8,13-14,17,24H,9-12,15H2,(H,26,28). The number of nitrogens with zero attached hydrogens (tertiary/aromatic N) is 2. The third-order valence-electron chi connectivity index (χ3n) is 5.28. The summed E-state index contributed by atoms with van der Waals surface area (Å²) in [7, 11) is 0. The summed E-state index contributed by atoms with van der Waals surface area (Å²) in [5, 5.41) is 6.01. The third kappa shape index (κ3) is 4.43. The van der Waals surface area contributed by atoms with Crippen molar-refractivity contribution in [1.82, 2.24) is 15.3 Å². The van der Waals surface area contributed by atoms with Crippen LogP contribution in [-0.4, -0.2) is 35.1 Å². The molecule has 4 rings (SSSR count). The van der Waals surface area contributed by atoms with Crippen molar-refractivity contribution in [2.24, 2.45) is 11.0 Å². The Morgan fingerprint density at radius 3 is 2.71 bits per heavy atom. The predicted octanol–water partition coefficient (Wildman–Crippen LogP) is 4.18. The first-order valence-electron chi connectivity index (χ1n) is 9.55. The summed E-state index contributed by atoms with van der Waals surface area (Å²) in [5.74, 6) is 0.0174. The Morgan fingerprint density at radius 2 is 1.93 bits per heavy atom. The van der Waals surface area contributed by atoms with Crippen molar-refractivity contribution in [3.63, 3.8) is 0 Å². The molecule has 5 nitrogen and oxygen atoms in total. The number of aromatic amines is 1. The number of H-pyrrole nitrogens is 1. The van der Waals surface area contributed by atoms with E-state index in [2.05, 4.69) is 32.5 Å². The summed E-state index contributed by atoms with van der Waals surface area (Å²) >= 11 is 5.94. The summed E-state index contributed by atoms with van der Waals surface area (Å²) in [6.07, 6.45) is 5.30. The molecule has 144 valence electrons. The number of halogens is 1. The fourth-order valence-corrected chi connectivity index (χ4v) is 3.78. The quantitative estimate of drug-likeness (QED) is 0.503. The van der Waals surface area contributed by atoms with E-state index in [1.165, 1.54) is 5.56 Å². The monoisotopic (exact) mass is 394 g/mol. The molecule has 6 heteroatoms. The number of hydrazone groups is 1. The van der Waals surface area contributed by atoms with Gasteiger partial charge in [-0.05, 0) is 49.7 Å². The highest BCUT2D eigenvalue weighted by atomic mass is 35.5. The molecule has 1 aliphatic heterocycles.